The third-order valence-corrected chi connectivity index (χ3v) is 2.47. The van der Waals surface area contributed by atoms with E-state index < -0.39 is 30.8 Å². The molecule has 0 aliphatic heterocycles. The zero-order chi connectivity index (χ0) is 15.1. The summed E-state index contributed by atoms with van der Waals surface area (Å²) in [5.41, 5.74) is 2.03. The van der Waals surface area contributed by atoms with Crippen molar-refractivity contribution in [3.8, 4) is 5.75 Å². The zero-order valence-electron chi connectivity index (χ0n) is 10.4. The van der Waals surface area contributed by atoms with E-state index in [2.05, 4.69) is 5.10 Å². The molecule has 0 aliphatic rings. The van der Waals surface area contributed by atoms with Gasteiger partial charge >= 0.3 is 0 Å². The van der Waals surface area contributed by atoms with E-state index in [1.165, 1.54) is 12.1 Å². The molecule has 110 valence electrons. The van der Waals surface area contributed by atoms with Crippen LogP contribution in [-0.4, -0.2) is 62.6 Å². The SMILES string of the molecule is O=C(N/N=C\[C@@H](O)[C@@H](O)[C@H](O)CO)c1ccccc1O. The van der Waals surface area contributed by atoms with E-state index >= 15 is 0 Å². The minimum atomic E-state index is -1.63. The molecular weight excluding hydrogens is 268 g/mol. The summed E-state index contributed by atoms with van der Waals surface area (Å²) in [5.74, 6) is -0.930. The molecular formula is C12H16N2O6. The van der Waals surface area contributed by atoms with Gasteiger partial charge in [-0.3, -0.25) is 4.79 Å². The average molecular weight is 284 g/mol. The number of nitrogens with zero attached hydrogens (tertiary/aromatic N) is 1. The van der Waals surface area contributed by atoms with Gasteiger partial charge in [0.2, 0.25) is 0 Å². The fourth-order valence-electron chi connectivity index (χ4n) is 1.32. The predicted octanol–water partition coefficient (Wildman–Crippen LogP) is -1.82. The predicted molar refractivity (Wildman–Crippen MR) is 69.2 cm³/mol. The highest BCUT2D eigenvalue weighted by Gasteiger charge is 2.22. The van der Waals surface area contributed by atoms with E-state index in [4.69, 9.17) is 10.2 Å². The number of hydrogen-bond acceptors (Lipinski definition) is 7. The van der Waals surface area contributed by atoms with Gasteiger partial charge in [0, 0.05) is 0 Å². The van der Waals surface area contributed by atoms with Gasteiger partial charge in [-0.25, -0.2) is 5.43 Å². The normalized spacial score (nSPS) is 15.8. The number of aromatic hydroxyl groups is 1. The van der Waals surface area contributed by atoms with Crippen LogP contribution in [0.3, 0.4) is 0 Å². The lowest BCUT2D eigenvalue weighted by Gasteiger charge is -2.17. The zero-order valence-corrected chi connectivity index (χ0v) is 10.4. The van der Waals surface area contributed by atoms with Crippen LogP contribution in [0.4, 0.5) is 0 Å². The van der Waals surface area contributed by atoms with Crippen LogP contribution in [0.25, 0.3) is 0 Å². The number of aliphatic hydroxyl groups excluding tert-OH is 4. The van der Waals surface area contributed by atoms with Crippen molar-refractivity contribution in [3.63, 3.8) is 0 Å². The lowest BCUT2D eigenvalue weighted by Crippen LogP contribution is -2.40. The molecule has 0 aromatic heterocycles. The molecule has 0 fully saturated rings. The van der Waals surface area contributed by atoms with Crippen LogP contribution < -0.4 is 5.43 Å². The monoisotopic (exact) mass is 284 g/mol. The number of carbonyl (C=O) groups excluding carboxylic acids is 1. The molecule has 0 radical (unpaired) electrons. The van der Waals surface area contributed by atoms with Crippen LogP contribution in [-0.2, 0) is 0 Å². The molecule has 0 saturated heterocycles. The summed E-state index contributed by atoms with van der Waals surface area (Å²) in [6, 6.07) is 5.80. The number of phenolic OH excluding ortho intramolecular Hbond substituents is 1. The van der Waals surface area contributed by atoms with Gasteiger partial charge < -0.3 is 25.5 Å². The number of rotatable bonds is 6. The first kappa shape index (κ1) is 16.1. The highest BCUT2D eigenvalue weighted by atomic mass is 16.4. The number of para-hydroxylation sites is 1. The summed E-state index contributed by atoms with van der Waals surface area (Å²) in [5, 5.41) is 49.2. The molecule has 8 heteroatoms. The number of hydrazone groups is 1. The van der Waals surface area contributed by atoms with Gasteiger partial charge in [-0.05, 0) is 12.1 Å². The minimum Gasteiger partial charge on any atom is -0.507 e. The number of carbonyl (C=O) groups is 1. The van der Waals surface area contributed by atoms with E-state index in [0.717, 1.165) is 6.21 Å². The topological polar surface area (TPSA) is 143 Å². The summed E-state index contributed by atoms with van der Waals surface area (Å²) >= 11 is 0. The Labute approximate surface area is 114 Å². The Kier molecular flexibility index (Phi) is 6.07. The van der Waals surface area contributed by atoms with E-state index in [1.54, 1.807) is 12.1 Å². The average Bonchev–Trinajstić information content (AvgIpc) is 2.45. The molecule has 20 heavy (non-hydrogen) atoms. The number of benzene rings is 1. The Balaban J connectivity index is 2.57. The maximum Gasteiger partial charge on any atom is 0.275 e. The number of hydrogen-bond donors (Lipinski definition) is 6. The first-order chi connectivity index (χ1) is 9.47. The molecule has 0 unspecified atom stereocenters. The second kappa shape index (κ2) is 7.56. The number of phenols is 1. The molecule has 6 N–H and O–H groups in total. The highest BCUT2D eigenvalue weighted by Crippen LogP contribution is 2.14. The number of aliphatic hydroxyl groups is 4. The molecule has 0 heterocycles. The third kappa shape index (κ3) is 4.28. The van der Waals surface area contributed by atoms with Crippen LogP contribution in [0, 0.1) is 0 Å². The summed E-state index contributed by atoms with van der Waals surface area (Å²) in [6.07, 6.45) is -3.93. The first-order valence-corrected chi connectivity index (χ1v) is 5.74. The van der Waals surface area contributed by atoms with Crippen molar-refractivity contribution in [1.29, 1.82) is 0 Å². The maximum atomic E-state index is 11.6. The molecule has 0 spiro atoms. The van der Waals surface area contributed by atoms with Crippen molar-refractivity contribution in [3.05, 3.63) is 29.8 Å². The van der Waals surface area contributed by atoms with Crippen molar-refractivity contribution in [1.82, 2.24) is 5.43 Å². The quantitative estimate of drug-likeness (QED) is 0.268. The molecule has 1 aromatic rings. The van der Waals surface area contributed by atoms with Gasteiger partial charge in [0.05, 0.1) is 18.4 Å². The molecule has 1 aromatic carbocycles. The van der Waals surface area contributed by atoms with Gasteiger partial charge in [-0.15, -0.1) is 0 Å². The van der Waals surface area contributed by atoms with Crippen LogP contribution in [0.2, 0.25) is 0 Å². The molecule has 1 rings (SSSR count). The van der Waals surface area contributed by atoms with Crippen molar-refractivity contribution in [2.24, 2.45) is 5.10 Å². The number of amides is 1. The fourth-order valence-corrected chi connectivity index (χ4v) is 1.32. The summed E-state index contributed by atoms with van der Waals surface area (Å²) in [7, 11) is 0. The first-order valence-electron chi connectivity index (χ1n) is 5.74. The Bertz CT molecular complexity index is 479. The molecule has 0 bridgehead atoms. The molecule has 1 amide bonds. The van der Waals surface area contributed by atoms with Gasteiger partial charge in [0.1, 0.15) is 24.1 Å². The van der Waals surface area contributed by atoms with Crippen molar-refractivity contribution < 1.29 is 30.3 Å². The van der Waals surface area contributed by atoms with Gasteiger partial charge in [0.25, 0.3) is 5.91 Å². The van der Waals surface area contributed by atoms with E-state index in [0.29, 0.717) is 0 Å². The summed E-state index contributed by atoms with van der Waals surface area (Å²) in [6.45, 7) is -0.726. The van der Waals surface area contributed by atoms with Crippen LogP contribution in [0.5, 0.6) is 5.75 Å². The molecule has 0 aliphatic carbocycles. The fraction of sp³-hybridized carbons (Fsp3) is 0.333. The number of nitrogens with one attached hydrogen (secondary N) is 1. The van der Waals surface area contributed by atoms with Crippen molar-refractivity contribution in [2.45, 2.75) is 18.3 Å². The van der Waals surface area contributed by atoms with Crippen molar-refractivity contribution in [2.75, 3.05) is 6.61 Å². The lowest BCUT2D eigenvalue weighted by atomic mass is 10.1. The van der Waals surface area contributed by atoms with Crippen LogP contribution in [0.1, 0.15) is 10.4 Å². The van der Waals surface area contributed by atoms with Crippen molar-refractivity contribution >= 4 is 12.1 Å². The van der Waals surface area contributed by atoms with Gasteiger partial charge in [-0.1, -0.05) is 12.1 Å². The Morgan fingerprint density at radius 3 is 2.55 bits per heavy atom. The van der Waals surface area contributed by atoms with E-state index in [1.807, 2.05) is 5.43 Å². The Morgan fingerprint density at radius 2 is 1.95 bits per heavy atom. The Hall–Kier alpha value is -2.00. The molecule has 3 atom stereocenters. The van der Waals surface area contributed by atoms with Crippen LogP contribution in [0.15, 0.2) is 29.4 Å². The van der Waals surface area contributed by atoms with Crippen LogP contribution >= 0.6 is 0 Å². The minimum absolute atomic E-state index is 0.00455. The second-order valence-electron chi connectivity index (χ2n) is 3.97. The highest BCUT2D eigenvalue weighted by molar-refractivity contribution is 5.96. The van der Waals surface area contributed by atoms with E-state index in [-0.39, 0.29) is 11.3 Å². The molecule has 8 nitrogen and oxygen atoms in total. The van der Waals surface area contributed by atoms with Gasteiger partial charge in [0.15, 0.2) is 0 Å². The second-order valence-corrected chi connectivity index (χ2v) is 3.97. The van der Waals surface area contributed by atoms with Gasteiger partial charge in [-0.2, -0.15) is 5.10 Å². The Morgan fingerprint density at radius 1 is 1.30 bits per heavy atom. The summed E-state index contributed by atoms with van der Waals surface area (Å²) < 4.78 is 0. The van der Waals surface area contributed by atoms with E-state index in [9.17, 15) is 20.1 Å². The largest absolute Gasteiger partial charge is 0.507 e. The maximum absolute atomic E-state index is 11.6. The third-order valence-electron chi connectivity index (χ3n) is 2.47. The smallest absolute Gasteiger partial charge is 0.275 e. The molecule has 0 saturated carbocycles. The standard InChI is InChI=1S/C12H16N2O6/c15-6-10(18)11(19)9(17)5-13-14-12(20)7-3-1-2-4-8(7)16/h1-5,9-11,15-19H,6H2,(H,14,20)/b13-5-/t9-,10-,11-/m1/s1. The lowest BCUT2D eigenvalue weighted by molar-refractivity contribution is -0.0542. The summed E-state index contributed by atoms with van der Waals surface area (Å²) in [4.78, 5) is 11.6.